The zero-order chi connectivity index (χ0) is 20.8. The molecule has 9 heteroatoms. The second-order valence-corrected chi connectivity index (χ2v) is 10.6. The summed E-state index contributed by atoms with van der Waals surface area (Å²) in [6, 6.07) is 0. The van der Waals surface area contributed by atoms with E-state index in [4.69, 9.17) is 0 Å². The fraction of sp³-hybridized carbons (Fsp3) is 0.750. The molecule has 1 unspecified atom stereocenters. The number of likely N-dealkylation sites (tertiary alicyclic amines) is 1. The number of fused-ring (bicyclic) bond motifs is 1. The molecule has 4 heterocycles. The molecular weight excluding hydrogens is 392 g/mol. The summed E-state index contributed by atoms with van der Waals surface area (Å²) < 4.78 is 27.1. The highest BCUT2D eigenvalue weighted by molar-refractivity contribution is 7.88. The van der Waals surface area contributed by atoms with Gasteiger partial charge in [-0.15, -0.1) is 0 Å². The number of aromatic nitrogens is 2. The fourth-order valence-electron chi connectivity index (χ4n) is 5.17. The highest BCUT2D eigenvalue weighted by Gasteiger charge is 2.35. The maximum absolute atomic E-state index is 13.1. The lowest BCUT2D eigenvalue weighted by Crippen LogP contribution is -2.47. The topological polar surface area (TPSA) is 92.6 Å². The second-order valence-electron chi connectivity index (χ2n) is 8.66. The number of hydrogen-bond donors (Lipinski definition) is 0. The smallest absolute Gasteiger partial charge is 0.276 e. The summed E-state index contributed by atoms with van der Waals surface area (Å²) in [5.41, 5.74) is 1.66. The first-order chi connectivity index (χ1) is 13.8. The molecule has 0 aromatic carbocycles. The van der Waals surface area contributed by atoms with Crippen LogP contribution in [-0.4, -0.2) is 65.5 Å². The Kier molecular flexibility index (Phi) is 5.54. The largest absolute Gasteiger partial charge is 0.342 e. The molecule has 0 aliphatic carbocycles. The number of amides is 1. The molecule has 0 N–H and O–H groups in total. The Morgan fingerprint density at radius 3 is 2.48 bits per heavy atom. The Labute approximate surface area is 172 Å². The van der Waals surface area contributed by atoms with Crippen molar-refractivity contribution in [1.29, 1.82) is 0 Å². The Morgan fingerprint density at radius 1 is 1.07 bits per heavy atom. The SMILES string of the molecule is Cc1c(C2CCCN(C(=O)C3CCN(S(C)(=O)=O)CC3)C2)n2c(nc1=O)CCC2. The molecule has 4 rings (SSSR count). The van der Waals surface area contributed by atoms with Gasteiger partial charge in [0.15, 0.2) is 0 Å². The molecular formula is C20H30N4O4S. The number of aryl methyl sites for hydroxylation is 1. The van der Waals surface area contributed by atoms with Crippen molar-refractivity contribution in [3.05, 3.63) is 27.4 Å². The molecule has 0 saturated carbocycles. The highest BCUT2D eigenvalue weighted by atomic mass is 32.2. The first kappa shape index (κ1) is 20.5. The number of piperidine rings is 2. The third-order valence-electron chi connectivity index (χ3n) is 6.71. The summed E-state index contributed by atoms with van der Waals surface area (Å²) in [4.78, 5) is 31.7. The van der Waals surface area contributed by atoms with Gasteiger partial charge in [-0.05, 0) is 39.0 Å². The lowest BCUT2D eigenvalue weighted by Gasteiger charge is -2.38. The Hall–Kier alpha value is -1.74. The van der Waals surface area contributed by atoms with Crippen molar-refractivity contribution in [3.8, 4) is 0 Å². The standard InChI is InChI=1S/C20H30N4O4S/c1-14-18(24-10-4-6-17(24)21-19(14)25)16-5-3-9-22(13-16)20(26)15-7-11-23(12-8-15)29(2,27)28/h15-16H,3-13H2,1-2H3. The van der Waals surface area contributed by atoms with Crippen molar-refractivity contribution in [1.82, 2.24) is 18.8 Å². The predicted molar refractivity (Wildman–Crippen MR) is 109 cm³/mol. The number of rotatable bonds is 3. The summed E-state index contributed by atoms with van der Waals surface area (Å²) in [5.74, 6) is 1.07. The van der Waals surface area contributed by atoms with Gasteiger partial charge < -0.3 is 9.47 Å². The van der Waals surface area contributed by atoms with E-state index in [1.807, 2.05) is 11.8 Å². The average molecular weight is 423 g/mol. The van der Waals surface area contributed by atoms with Crippen LogP contribution in [0, 0.1) is 12.8 Å². The van der Waals surface area contributed by atoms with Crippen LogP contribution >= 0.6 is 0 Å². The van der Waals surface area contributed by atoms with Crippen LogP contribution in [0.25, 0.3) is 0 Å². The van der Waals surface area contributed by atoms with Gasteiger partial charge in [-0.2, -0.15) is 4.98 Å². The molecule has 1 aromatic heterocycles. The molecule has 8 nitrogen and oxygen atoms in total. The van der Waals surface area contributed by atoms with E-state index >= 15 is 0 Å². The van der Waals surface area contributed by atoms with Gasteiger partial charge in [-0.25, -0.2) is 12.7 Å². The van der Waals surface area contributed by atoms with Crippen LogP contribution in [-0.2, 0) is 27.8 Å². The van der Waals surface area contributed by atoms with Crippen LogP contribution in [0.2, 0.25) is 0 Å². The molecule has 0 radical (unpaired) electrons. The van der Waals surface area contributed by atoms with E-state index in [2.05, 4.69) is 9.55 Å². The molecule has 29 heavy (non-hydrogen) atoms. The molecule has 0 bridgehead atoms. The van der Waals surface area contributed by atoms with Gasteiger partial charge in [0.2, 0.25) is 15.9 Å². The number of carbonyl (C=O) groups is 1. The van der Waals surface area contributed by atoms with Crippen LogP contribution in [0.1, 0.15) is 55.1 Å². The van der Waals surface area contributed by atoms with Gasteiger partial charge in [-0.1, -0.05) is 0 Å². The Morgan fingerprint density at radius 2 is 1.79 bits per heavy atom. The van der Waals surface area contributed by atoms with Crippen LogP contribution in [0.5, 0.6) is 0 Å². The third kappa shape index (κ3) is 3.99. The van der Waals surface area contributed by atoms with Crippen molar-refractivity contribution < 1.29 is 13.2 Å². The summed E-state index contributed by atoms with van der Waals surface area (Å²) in [6.45, 7) is 4.96. The van der Waals surface area contributed by atoms with E-state index in [0.717, 1.165) is 55.9 Å². The molecule has 0 spiro atoms. The molecule has 160 valence electrons. The third-order valence-corrected chi connectivity index (χ3v) is 8.02. The Bertz CT molecular complexity index is 963. The quantitative estimate of drug-likeness (QED) is 0.721. The van der Waals surface area contributed by atoms with Gasteiger partial charge in [0, 0.05) is 62.2 Å². The lowest BCUT2D eigenvalue weighted by atomic mass is 9.89. The van der Waals surface area contributed by atoms with E-state index < -0.39 is 10.0 Å². The number of carbonyl (C=O) groups excluding carboxylic acids is 1. The van der Waals surface area contributed by atoms with Gasteiger partial charge in [0.1, 0.15) is 5.82 Å². The number of nitrogens with zero attached hydrogens (tertiary/aromatic N) is 4. The van der Waals surface area contributed by atoms with Crippen molar-refractivity contribution in [2.24, 2.45) is 5.92 Å². The van der Waals surface area contributed by atoms with Crippen molar-refractivity contribution in [3.63, 3.8) is 0 Å². The average Bonchev–Trinajstić information content (AvgIpc) is 3.15. The molecule has 2 saturated heterocycles. The Balaban J connectivity index is 1.49. The monoisotopic (exact) mass is 422 g/mol. The van der Waals surface area contributed by atoms with Gasteiger partial charge >= 0.3 is 0 Å². The predicted octanol–water partition coefficient (Wildman–Crippen LogP) is 0.876. The van der Waals surface area contributed by atoms with E-state index in [-0.39, 0.29) is 23.3 Å². The van der Waals surface area contributed by atoms with Crippen LogP contribution in [0.15, 0.2) is 4.79 Å². The normalized spacial score (nSPS) is 23.9. The summed E-state index contributed by atoms with van der Waals surface area (Å²) in [6.07, 6.45) is 6.13. The van der Waals surface area contributed by atoms with Crippen LogP contribution in [0.3, 0.4) is 0 Å². The van der Waals surface area contributed by atoms with Crippen molar-refractivity contribution >= 4 is 15.9 Å². The van der Waals surface area contributed by atoms with E-state index in [1.54, 1.807) is 0 Å². The summed E-state index contributed by atoms with van der Waals surface area (Å²) >= 11 is 0. The van der Waals surface area contributed by atoms with E-state index in [0.29, 0.717) is 32.5 Å². The van der Waals surface area contributed by atoms with E-state index in [1.165, 1.54) is 10.6 Å². The minimum atomic E-state index is -3.19. The lowest BCUT2D eigenvalue weighted by molar-refractivity contribution is -0.138. The molecule has 1 amide bonds. The molecule has 2 fully saturated rings. The van der Waals surface area contributed by atoms with Gasteiger partial charge in [-0.3, -0.25) is 9.59 Å². The number of hydrogen-bond acceptors (Lipinski definition) is 5. The molecule has 3 aliphatic heterocycles. The van der Waals surface area contributed by atoms with E-state index in [9.17, 15) is 18.0 Å². The maximum atomic E-state index is 13.1. The molecule has 3 aliphatic rings. The maximum Gasteiger partial charge on any atom is 0.276 e. The van der Waals surface area contributed by atoms with Gasteiger partial charge in [0.25, 0.3) is 5.56 Å². The minimum absolute atomic E-state index is 0.112. The zero-order valence-electron chi connectivity index (χ0n) is 17.3. The van der Waals surface area contributed by atoms with Crippen molar-refractivity contribution in [2.45, 2.75) is 57.9 Å². The molecule has 1 aromatic rings. The molecule has 1 atom stereocenters. The zero-order valence-corrected chi connectivity index (χ0v) is 18.1. The van der Waals surface area contributed by atoms with Crippen molar-refractivity contribution in [2.75, 3.05) is 32.4 Å². The first-order valence-corrected chi connectivity index (χ1v) is 12.4. The van der Waals surface area contributed by atoms with Crippen LogP contribution < -0.4 is 5.56 Å². The highest BCUT2D eigenvalue weighted by Crippen LogP contribution is 2.32. The van der Waals surface area contributed by atoms with Gasteiger partial charge in [0.05, 0.1) is 6.26 Å². The second kappa shape index (κ2) is 7.83. The minimum Gasteiger partial charge on any atom is -0.342 e. The van der Waals surface area contributed by atoms with Crippen LogP contribution in [0.4, 0.5) is 0 Å². The first-order valence-electron chi connectivity index (χ1n) is 10.6. The fourth-order valence-corrected chi connectivity index (χ4v) is 6.04. The summed E-state index contributed by atoms with van der Waals surface area (Å²) in [5, 5.41) is 0. The number of sulfonamides is 1. The summed E-state index contributed by atoms with van der Waals surface area (Å²) in [7, 11) is -3.19.